The Bertz CT molecular complexity index is 188. The molecule has 0 saturated carbocycles. The third-order valence-corrected chi connectivity index (χ3v) is 0.977. The number of nitriles is 1. The first-order valence-electron chi connectivity index (χ1n) is 3.07. The van der Waals surface area contributed by atoms with Crippen molar-refractivity contribution in [1.82, 2.24) is 5.32 Å². The molecule has 10 heavy (non-hydrogen) atoms. The van der Waals surface area contributed by atoms with Crippen LogP contribution in [-0.4, -0.2) is 12.5 Å². The van der Waals surface area contributed by atoms with Gasteiger partial charge in [0, 0.05) is 18.2 Å². The van der Waals surface area contributed by atoms with Crippen LogP contribution in [-0.2, 0) is 4.79 Å². The number of allylic oxidation sites excluding steroid dienone is 1. The van der Waals surface area contributed by atoms with Crippen molar-refractivity contribution < 1.29 is 4.79 Å². The topological polar surface area (TPSA) is 52.9 Å². The maximum absolute atomic E-state index is 10.8. The monoisotopic (exact) mass is 138 g/mol. The summed E-state index contributed by atoms with van der Waals surface area (Å²) in [5, 5.41) is 10.7. The molecule has 1 N–H and O–H groups in total. The summed E-state index contributed by atoms with van der Waals surface area (Å²) < 4.78 is 0. The van der Waals surface area contributed by atoms with Gasteiger partial charge in [0.25, 0.3) is 0 Å². The molecule has 0 aromatic rings. The Balaban J connectivity index is 3.98. The van der Waals surface area contributed by atoms with Gasteiger partial charge in [-0.25, -0.2) is 0 Å². The van der Waals surface area contributed by atoms with Crippen LogP contribution >= 0.6 is 0 Å². The molecule has 3 nitrogen and oxygen atoms in total. The molecule has 0 aromatic carbocycles. The van der Waals surface area contributed by atoms with Crippen molar-refractivity contribution in [2.75, 3.05) is 6.54 Å². The first-order chi connectivity index (χ1) is 4.72. The minimum absolute atomic E-state index is 0.177. The van der Waals surface area contributed by atoms with E-state index in [9.17, 15) is 4.79 Å². The van der Waals surface area contributed by atoms with Gasteiger partial charge in [-0.3, -0.25) is 4.79 Å². The molecule has 0 spiro atoms. The van der Waals surface area contributed by atoms with Gasteiger partial charge in [-0.15, -0.1) is 0 Å². The Labute approximate surface area is 60.3 Å². The van der Waals surface area contributed by atoms with Gasteiger partial charge >= 0.3 is 0 Å². The lowest BCUT2D eigenvalue weighted by atomic mass is 10.3. The molecule has 0 fully saturated rings. The van der Waals surface area contributed by atoms with Crippen LogP contribution in [0.25, 0.3) is 0 Å². The first-order valence-corrected chi connectivity index (χ1v) is 3.07. The molecular formula is C7H10N2O. The van der Waals surface area contributed by atoms with Gasteiger partial charge in [0.05, 0.1) is 6.07 Å². The summed E-state index contributed by atoms with van der Waals surface area (Å²) in [4.78, 5) is 10.8. The van der Waals surface area contributed by atoms with E-state index in [1.54, 1.807) is 13.0 Å². The Hall–Kier alpha value is -1.30. The molecule has 0 aliphatic carbocycles. The molecule has 54 valence electrons. The normalized spacial score (nSPS) is 10.3. The molecular weight excluding hydrogens is 128 g/mol. The van der Waals surface area contributed by atoms with Gasteiger partial charge in [0.15, 0.2) is 0 Å². The average molecular weight is 138 g/mol. The summed E-state index contributed by atoms with van der Waals surface area (Å²) in [5.74, 6) is -0.177. The molecule has 0 rings (SSSR count). The smallest absolute Gasteiger partial charge is 0.247 e. The summed E-state index contributed by atoms with van der Waals surface area (Å²) in [5.41, 5.74) is 0.448. The van der Waals surface area contributed by atoms with Crippen LogP contribution in [0.2, 0.25) is 0 Å². The molecule has 0 unspecified atom stereocenters. The fraction of sp³-hybridized carbons (Fsp3) is 0.429. The number of carbonyl (C=O) groups is 1. The molecule has 0 bridgehead atoms. The van der Waals surface area contributed by atoms with Gasteiger partial charge in [-0.1, -0.05) is 0 Å². The minimum Gasteiger partial charge on any atom is -0.353 e. The fourth-order valence-corrected chi connectivity index (χ4v) is 0.462. The molecule has 0 aromatic heterocycles. The second-order valence-corrected chi connectivity index (χ2v) is 1.82. The lowest BCUT2D eigenvalue weighted by Crippen LogP contribution is -2.23. The summed E-state index contributed by atoms with van der Waals surface area (Å²) in [6.07, 6.45) is 1.23. The predicted molar refractivity (Wildman–Crippen MR) is 38.1 cm³/mol. The highest BCUT2D eigenvalue weighted by Gasteiger charge is 1.99. The Morgan fingerprint density at radius 1 is 1.80 bits per heavy atom. The first kappa shape index (κ1) is 8.70. The van der Waals surface area contributed by atoms with E-state index < -0.39 is 0 Å². The van der Waals surface area contributed by atoms with Crippen molar-refractivity contribution in [3.8, 4) is 6.07 Å². The fourth-order valence-electron chi connectivity index (χ4n) is 0.462. The SMILES string of the molecule is CCNC(=O)C(C)=CC#N. The van der Waals surface area contributed by atoms with Crippen LogP contribution in [0.5, 0.6) is 0 Å². The Kier molecular flexibility index (Phi) is 3.97. The number of rotatable bonds is 2. The van der Waals surface area contributed by atoms with Crippen LogP contribution in [0.4, 0.5) is 0 Å². The summed E-state index contributed by atoms with van der Waals surface area (Å²) >= 11 is 0. The van der Waals surface area contributed by atoms with E-state index in [0.717, 1.165) is 0 Å². The highest BCUT2D eigenvalue weighted by molar-refractivity contribution is 5.93. The Morgan fingerprint density at radius 3 is 2.80 bits per heavy atom. The van der Waals surface area contributed by atoms with E-state index in [2.05, 4.69) is 5.32 Å². The number of hydrogen-bond acceptors (Lipinski definition) is 2. The van der Waals surface area contributed by atoms with E-state index in [1.807, 2.05) is 6.92 Å². The van der Waals surface area contributed by atoms with Gasteiger partial charge in [-0.05, 0) is 13.8 Å². The lowest BCUT2D eigenvalue weighted by Gasteiger charge is -1.98. The van der Waals surface area contributed by atoms with Crippen LogP contribution in [0.15, 0.2) is 11.6 Å². The number of hydrogen-bond donors (Lipinski definition) is 1. The van der Waals surface area contributed by atoms with Gasteiger partial charge in [0.2, 0.25) is 5.91 Å². The number of nitrogens with zero attached hydrogens (tertiary/aromatic N) is 1. The lowest BCUT2D eigenvalue weighted by molar-refractivity contribution is -0.117. The second kappa shape index (κ2) is 4.57. The van der Waals surface area contributed by atoms with E-state index >= 15 is 0 Å². The predicted octanol–water partition coefficient (Wildman–Crippen LogP) is 0.592. The van der Waals surface area contributed by atoms with Crippen LogP contribution in [0, 0.1) is 11.3 Å². The summed E-state index contributed by atoms with van der Waals surface area (Å²) in [6, 6.07) is 1.78. The maximum atomic E-state index is 10.8. The van der Waals surface area contributed by atoms with Crippen LogP contribution in [0.3, 0.4) is 0 Å². The van der Waals surface area contributed by atoms with Crippen molar-refractivity contribution in [3.63, 3.8) is 0 Å². The van der Waals surface area contributed by atoms with Crippen LogP contribution in [0.1, 0.15) is 13.8 Å². The van der Waals surface area contributed by atoms with Gasteiger partial charge in [-0.2, -0.15) is 5.26 Å². The van der Waals surface area contributed by atoms with Crippen molar-refractivity contribution in [3.05, 3.63) is 11.6 Å². The van der Waals surface area contributed by atoms with Crippen molar-refractivity contribution in [1.29, 1.82) is 5.26 Å². The molecule has 1 amide bonds. The Morgan fingerprint density at radius 2 is 2.40 bits per heavy atom. The molecule has 0 atom stereocenters. The molecule has 0 aliphatic rings. The van der Waals surface area contributed by atoms with Gasteiger partial charge in [0.1, 0.15) is 0 Å². The number of amides is 1. The number of likely N-dealkylation sites (N-methyl/N-ethyl adjacent to an activating group) is 1. The quantitative estimate of drug-likeness (QED) is 0.448. The highest BCUT2D eigenvalue weighted by Crippen LogP contribution is 1.89. The molecule has 0 heterocycles. The average Bonchev–Trinajstić information content (AvgIpc) is 1.89. The second-order valence-electron chi connectivity index (χ2n) is 1.82. The summed E-state index contributed by atoms with van der Waals surface area (Å²) in [6.45, 7) is 4.03. The highest BCUT2D eigenvalue weighted by atomic mass is 16.1. The summed E-state index contributed by atoms with van der Waals surface area (Å²) in [7, 11) is 0. The van der Waals surface area contributed by atoms with Gasteiger partial charge < -0.3 is 5.32 Å². The minimum atomic E-state index is -0.177. The standard InChI is InChI=1S/C7H10N2O/c1-3-9-7(10)6(2)4-5-8/h4H,3H2,1-2H3,(H,9,10). The third kappa shape index (κ3) is 2.88. The van der Waals surface area contributed by atoms with Crippen molar-refractivity contribution in [2.45, 2.75) is 13.8 Å². The number of carbonyl (C=O) groups excluding carboxylic acids is 1. The van der Waals surface area contributed by atoms with E-state index in [0.29, 0.717) is 12.1 Å². The van der Waals surface area contributed by atoms with Crippen molar-refractivity contribution >= 4 is 5.91 Å². The van der Waals surface area contributed by atoms with E-state index in [4.69, 9.17) is 5.26 Å². The number of nitrogens with one attached hydrogen (secondary N) is 1. The third-order valence-electron chi connectivity index (χ3n) is 0.977. The zero-order chi connectivity index (χ0) is 7.98. The van der Waals surface area contributed by atoms with E-state index in [1.165, 1.54) is 6.08 Å². The zero-order valence-electron chi connectivity index (χ0n) is 6.14. The maximum Gasteiger partial charge on any atom is 0.247 e. The molecule has 3 heteroatoms. The largest absolute Gasteiger partial charge is 0.353 e. The van der Waals surface area contributed by atoms with Crippen molar-refractivity contribution in [2.24, 2.45) is 0 Å². The zero-order valence-corrected chi connectivity index (χ0v) is 6.14. The molecule has 0 saturated heterocycles. The molecule has 0 aliphatic heterocycles. The van der Waals surface area contributed by atoms with E-state index in [-0.39, 0.29) is 5.91 Å². The molecule has 0 radical (unpaired) electrons. The van der Waals surface area contributed by atoms with Crippen LogP contribution < -0.4 is 5.32 Å².